The van der Waals surface area contributed by atoms with Crippen LogP contribution in [0.2, 0.25) is 0 Å². The fourth-order valence-electron chi connectivity index (χ4n) is 15.5. The Morgan fingerprint density at radius 1 is 0.222 bits per heavy atom. The molecule has 17 rings (SSSR count). The SMILES string of the molecule is c1ccc(-c2ccc3c(c2)B2c4ccccc4N(c4cccc([Si](c5ccccc5)(c5ccccc5)c5ccccc5)c4)c4cc(-n5c6ccccc6c6ccccc65)cc(c42)N3c2ccc([Si](c3ccccc3)(c3ccccc3)c3ccccc3)cc2)cc1. The molecule has 0 saturated heterocycles. The van der Waals surface area contributed by atoms with Gasteiger partial charge in [-0.25, -0.2) is 0 Å². The van der Waals surface area contributed by atoms with E-state index in [4.69, 9.17) is 0 Å². The highest BCUT2D eigenvalue weighted by Gasteiger charge is 2.47. The average Bonchev–Trinajstić information content (AvgIpc) is 0.806. The molecule has 0 aliphatic carbocycles. The molecule has 0 amide bonds. The number of anilines is 6. The summed E-state index contributed by atoms with van der Waals surface area (Å²) in [6.45, 7) is -0.118. The van der Waals surface area contributed by atoms with Gasteiger partial charge in [0.2, 0.25) is 0 Å². The van der Waals surface area contributed by atoms with Gasteiger partial charge >= 0.3 is 0 Å². The number of hydrogen-bond acceptors (Lipinski definition) is 2. The molecule has 1 aromatic heterocycles. The van der Waals surface area contributed by atoms with Crippen molar-refractivity contribution in [2.24, 2.45) is 0 Å². The summed E-state index contributed by atoms with van der Waals surface area (Å²) in [6.07, 6.45) is 0. The molecule has 0 radical (unpaired) electrons. The van der Waals surface area contributed by atoms with E-state index in [-0.39, 0.29) is 6.71 Å². The fraction of sp³-hybridized carbons (Fsp3) is 0. The molecule has 90 heavy (non-hydrogen) atoms. The molecule has 0 unspecified atom stereocenters. The number of nitrogens with zero attached hydrogens (tertiary/aromatic N) is 3. The Morgan fingerprint density at radius 2 is 0.611 bits per heavy atom. The van der Waals surface area contributed by atoms with Crippen molar-refractivity contribution < 1.29 is 0 Å². The second-order valence-corrected chi connectivity index (χ2v) is 31.5. The van der Waals surface area contributed by atoms with Gasteiger partial charge in [0.15, 0.2) is 16.1 Å². The first-order valence-electron chi connectivity index (χ1n) is 31.3. The van der Waals surface area contributed by atoms with E-state index in [1.54, 1.807) is 0 Å². The molecule has 2 aliphatic rings. The van der Waals surface area contributed by atoms with Gasteiger partial charge in [-0.2, -0.15) is 0 Å². The lowest BCUT2D eigenvalue weighted by Gasteiger charge is -2.45. The molecular formula is C84H60BN3Si2. The third kappa shape index (κ3) is 8.33. The largest absolute Gasteiger partial charge is 0.311 e. The third-order valence-electron chi connectivity index (χ3n) is 19.2. The minimum absolute atomic E-state index is 0.118. The summed E-state index contributed by atoms with van der Waals surface area (Å²) in [5.74, 6) is 0. The Morgan fingerprint density at radius 3 is 1.11 bits per heavy atom. The van der Waals surface area contributed by atoms with E-state index in [0.717, 1.165) is 34.1 Å². The Labute approximate surface area is 528 Å². The zero-order valence-corrected chi connectivity index (χ0v) is 51.6. The first-order chi connectivity index (χ1) is 44.7. The minimum Gasteiger partial charge on any atom is -0.311 e. The van der Waals surface area contributed by atoms with Gasteiger partial charge in [-0.05, 0) is 130 Å². The van der Waals surface area contributed by atoms with E-state index in [9.17, 15) is 0 Å². The van der Waals surface area contributed by atoms with Crippen LogP contribution >= 0.6 is 0 Å². The molecule has 0 bridgehead atoms. The molecule has 2 aliphatic heterocycles. The van der Waals surface area contributed by atoms with Crippen molar-refractivity contribution in [2.45, 2.75) is 0 Å². The standard InChI is InChI=1S/C84H60BN3Si2/c1-8-29-61(30-9-1)62-51-56-81-77(57-62)85-76-47-24-27-50-80(76)87(64-31-28-44-73(58-64)90(69-38-16-5-17-39-69,70-40-18-6-19-41-70)71-42-20-7-21-43-71)83-60-65(88-78-48-25-22-45-74(78)75-46-23-26-49-79(75)88)59-82(84(83)85)86(81)63-52-54-72(55-53-63)89(66-32-10-2-11-33-66,67-34-12-3-13-35-67)68-36-14-4-15-37-68/h1-60H. The Hall–Kier alpha value is -11.0. The topological polar surface area (TPSA) is 11.4 Å². The number of hydrogen-bond donors (Lipinski definition) is 0. The van der Waals surface area contributed by atoms with Crippen molar-refractivity contribution in [3.05, 3.63) is 364 Å². The summed E-state index contributed by atoms with van der Waals surface area (Å²) in [7, 11) is -5.85. The first kappa shape index (κ1) is 53.2. The highest BCUT2D eigenvalue weighted by atomic mass is 28.3. The van der Waals surface area contributed by atoms with Gasteiger partial charge in [0.05, 0.1) is 16.7 Å². The van der Waals surface area contributed by atoms with E-state index < -0.39 is 16.1 Å². The van der Waals surface area contributed by atoms with Crippen molar-refractivity contribution in [3.8, 4) is 16.8 Å². The zero-order valence-electron chi connectivity index (χ0n) is 49.6. The Bertz CT molecular complexity index is 4880. The van der Waals surface area contributed by atoms with Crippen molar-refractivity contribution in [1.82, 2.24) is 4.57 Å². The van der Waals surface area contributed by atoms with Crippen molar-refractivity contribution in [2.75, 3.05) is 9.80 Å². The lowest BCUT2D eigenvalue weighted by Crippen LogP contribution is -2.74. The average molecular weight is 1180 g/mol. The summed E-state index contributed by atoms with van der Waals surface area (Å²) in [5, 5.41) is 13.2. The van der Waals surface area contributed by atoms with Gasteiger partial charge in [-0.3, -0.25) is 0 Å². The van der Waals surface area contributed by atoms with Gasteiger partial charge in [-0.1, -0.05) is 303 Å². The van der Waals surface area contributed by atoms with Gasteiger partial charge in [0.25, 0.3) is 6.71 Å². The van der Waals surface area contributed by atoms with Gasteiger partial charge in [-0.15, -0.1) is 0 Å². The van der Waals surface area contributed by atoms with Crippen LogP contribution in [0.15, 0.2) is 364 Å². The van der Waals surface area contributed by atoms with Crippen LogP contribution in [-0.4, -0.2) is 27.4 Å². The van der Waals surface area contributed by atoms with Crippen LogP contribution in [0, 0.1) is 0 Å². The van der Waals surface area contributed by atoms with Crippen molar-refractivity contribution in [3.63, 3.8) is 0 Å². The molecule has 14 aromatic carbocycles. The summed E-state index contributed by atoms with van der Waals surface area (Å²) in [5.41, 5.74) is 16.5. The van der Waals surface area contributed by atoms with Crippen molar-refractivity contribution >= 4 is 137 Å². The summed E-state index contributed by atoms with van der Waals surface area (Å²) in [6, 6.07) is 137. The number of benzene rings is 14. The minimum atomic E-state index is -2.97. The lowest BCUT2D eigenvalue weighted by atomic mass is 9.33. The summed E-state index contributed by atoms with van der Waals surface area (Å²) in [4.78, 5) is 5.20. The lowest BCUT2D eigenvalue weighted by molar-refractivity contribution is 1.16. The molecule has 0 spiro atoms. The molecule has 3 heterocycles. The maximum Gasteiger partial charge on any atom is 0.252 e. The van der Waals surface area contributed by atoms with E-state index in [1.807, 2.05) is 0 Å². The Balaban J connectivity index is 0.962. The molecule has 0 fully saturated rings. The van der Waals surface area contributed by atoms with Crippen LogP contribution in [0.4, 0.5) is 34.1 Å². The van der Waals surface area contributed by atoms with Gasteiger partial charge < -0.3 is 14.4 Å². The fourth-order valence-corrected chi connectivity index (χ4v) is 25.0. The molecule has 0 atom stereocenters. The monoisotopic (exact) mass is 1180 g/mol. The van der Waals surface area contributed by atoms with Crippen LogP contribution in [0.25, 0.3) is 38.6 Å². The molecule has 0 saturated carbocycles. The quantitative estimate of drug-likeness (QED) is 0.0892. The predicted molar refractivity (Wildman–Crippen MR) is 387 cm³/mol. The van der Waals surface area contributed by atoms with Crippen LogP contribution in [0.3, 0.4) is 0 Å². The van der Waals surface area contributed by atoms with Crippen LogP contribution in [0.1, 0.15) is 0 Å². The summed E-state index contributed by atoms with van der Waals surface area (Å²) < 4.78 is 2.51. The smallest absolute Gasteiger partial charge is 0.252 e. The molecular weight excluding hydrogens is 1120 g/mol. The predicted octanol–water partition coefficient (Wildman–Crippen LogP) is 13.3. The maximum absolute atomic E-state index is 2.97. The molecule has 3 nitrogen and oxygen atoms in total. The highest BCUT2D eigenvalue weighted by molar-refractivity contribution is 7.20. The number of aromatic nitrogens is 1. The number of para-hydroxylation sites is 3. The van der Waals surface area contributed by atoms with Gasteiger partial charge in [0.1, 0.15) is 0 Å². The van der Waals surface area contributed by atoms with E-state index in [0.29, 0.717) is 0 Å². The van der Waals surface area contributed by atoms with E-state index in [1.165, 1.54) is 96.5 Å². The first-order valence-corrected chi connectivity index (χ1v) is 35.3. The van der Waals surface area contributed by atoms with E-state index in [2.05, 4.69) is 378 Å². The molecule has 422 valence electrons. The number of rotatable bonds is 12. The van der Waals surface area contributed by atoms with Crippen LogP contribution in [-0.2, 0) is 0 Å². The summed E-state index contributed by atoms with van der Waals surface area (Å²) >= 11 is 0. The second-order valence-electron chi connectivity index (χ2n) is 23.9. The normalized spacial score (nSPS) is 12.6. The highest BCUT2D eigenvalue weighted by Crippen LogP contribution is 2.47. The third-order valence-corrected chi connectivity index (χ3v) is 28.8. The molecule has 0 N–H and O–H groups in total. The second kappa shape index (κ2) is 22.0. The van der Waals surface area contributed by atoms with Gasteiger partial charge in [0, 0.05) is 44.9 Å². The van der Waals surface area contributed by atoms with Crippen LogP contribution in [0.5, 0.6) is 0 Å². The number of fused-ring (bicyclic) bond motifs is 7. The Kier molecular flexibility index (Phi) is 13.0. The maximum atomic E-state index is 2.61. The van der Waals surface area contributed by atoms with Crippen LogP contribution < -0.4 is 67.7 Å². The zero-order chi connectivity index (χ0) is 59.6. The molecule has 15 aromatic rings. The van der Waals surface area contributed by atoms with Crippen molar-refractivity contribution in [1.29, 1.82) is 0 Å². The van der Waals surface area contributed by atoms with E-state index >= 15 is 0 Å². The molecule has 6 heteroatoms.